The summed E-state index contributed by atoms with van der Waals surface area (Å²) in [4.78, 5) is 6.58. The Labute approximate surface area is 138 Å². The minimum absolute atomic E-state index is 0.272. The smallest absolute Gasteiger partial charge is 0.231 e. The number of guanidine groups is 1. The van der Waals surface area contributed by atoms with Crippen LogP contribution in [0.2, 0.25) is 0 Å². The molecule has 2 aromatic carbocycles. The minimum Gasteiger partial charge on any atom is -0.454 e. The van der Waals surface area contributed by atoms with E-state index in [0.717, 1.165) is 29.4 Å². The van der Waals surface area contributed by atoms with Gasteiger partial charge in [0.05, 0.1) is 12.6 Å². The van der Waals surface area contributed by atoms with Crippen molar-refractivity contribution in [1.29, 1.82) is 0 Å². The number of benzene rings is 2. The number of fused-ring (bicyclic) bond motifs is 1. The summed E-state index contributed by atoms with van der Waals surface area (Å²) < 4.78 is 10.8. The van der Waals surface area contributed by atoms with Crippen molar-refractivity contribution >= 4 is 17.7 Å². The van der Waals surface area contributed by atoms with Gasteiger partial charge in [-0.05, 0) is 36.2 Å². The van der Waals surface area contributed by atoms with Crippen LogP contribution in [0.4, 0.5) is 0 Å². The lowest BCUT2D eigenvalue weighted by molar-refractivity contribution is 0.174. The third-order valence-corrected chi connectivity index (χ3v) is 4.95. The Hall–Kier alpha value is -2.34. The van der Waals surface area contributed by atoms with Crippen molar-refractivity contribution in [1.82, 2.24) is 5.32 Å². The van der Waals surface area contributed by atoms with Crippen LogP contribution in [0.5, 0.6) is 11.5 Å². The van der Waals surface area contributed by atoms with Crippen LogP contribution in [0.3, 0.4) is 0 Å². The van der Waals surface area contributed by atoms with Gasteiger partial charge in [-0.15, -0.1) is 0 Å². The molecule has 0 saturated carbocycles. The Morgan fingerprint density at radius 3 is 2.91 bits per heavy atom. The second-order valence-corrected chi connectivity index (χ2v) is 6.61. The first-order chi connectivity index (χ1) is 11.3. The maximum atomic E-state index is 5.70. The predicted octanol–water partition coefficient (Wildman–Crippen LogP) is 2.40. The molecule has 1 atom stereocenters. The highest BCUT2D eigenvalue weighted by Gasteiger charge is 2.18. The van der Waals surface area contributed by atoms with Crippen molar-refractivity contribution in [3.8, 4) is 11.5 Å². The van der Waals surface area contributed by atoms with E-state index in [2.05, 4.69) is 40.6 Å². The van der Waals surface area contributed by atoms with Gasteiger partial charge < -0.3 is 20.5 Å². The zero-order valence-electron chi connectivity index (χ0n) is 12.5. The zero-order chi connectivity index (χ0) is 15.6. The lowest BCUT2D eigenvalue weighted by Gasteiger charge is -2.14. The molecule has 0 amide bonds. The summed E-state index contributed by atoms with van der Waals surface area (Å²) in [5, 5.41) is 3.21. The van der Waals surface area contributed by atoms with Gasteiger partial charge in [-0.2, -0.15) is 0 Å². The quantitative estimate of drug-likeness (QED) is 0.902. The van der Waals surface area contributed by atoms with Gasteiger partial charge in [0.2, 0.25) is 6.79 Å². The van der Waals surface area contributed by atoms with E-state index < -0.39 is 0 Å². The van der Waals surface area contributed by atoms with E-state index in [1.807, 2.05) is 12.1 Å². The fraction of sp³-hybridized carbons (Fsp3) is 0.235. The number of ether oxygens (including phenoxy) is 2. The molecule has 2 aliphatic rings. The first-order valence-corrected chi connectivity index (χ1v) is 8.31. The van der Waals surface area contributed by atoms with Gasteiger partial charge in [-0.25, -0.2) is 0 Å². The van der Waals surface area contributed by atoms with Crippen molar-refractivity contribution in [2.24, 2.45) is 10.7 Å². The lowest BCUT2D eigenvalue weighted by atomic mass is 10.1. The van der Waals surface area contributed by atoms with E-state index in [4.69, 9.17) is 15.2 Å². The van der Waals surface area contributed by atoms with Crippen LogP contribution in [0.1, 0.15) is 5.56 Å². The Bertz CT molecular complexity index is 763. The average molecular weight is 327 g/mol. The van der Waals surface area contributed by atoms with Crippen LogP contribution in [0.25, 0.3) is 0 Å². The second-order valence-electron chi connectivity index (χ2n) is 5.50. The Morgan fingerprint density at radius 2 is 2.04 bits per heavy atom. The van der Waals surface area contributed by atoms with Gasteiger partial charge in [-0.3, -0.25) is 4.99 Å². The van der Waals surface area contributed by atoms with Gasteiger partial charge in [0, 0.05) is 9.79 Å². The highest BCUT2D eigenvalue weighted by Crippen LogP contribution is 2.38. The minimum atomic E-state index is 0.272. The Morgan fingerprint density at radius 1 is 1.17 bits per heavy atom. The largest absolute Gasteiger partial charge is 0.454 e. The van der Waals surface area contributed by atoms with Gasteiger partial charge >= 0.3 is 0 Å². The molecule has 4 rings (SSSR count). The van der Waals surface area contributed by atoms with Crippen LogP contribution in [-0.4, -0.2) is 25.3 Å². The highest BCUT2D eigenvalue weighted by molar-refractivity contribution is 7.99. The SMILES string of the molecule is NC1=NCC(Cc2ccccc2Sc2ccc3c(c2)OCO3)N1. The molecule has 1 unspecified atom stereocenters. The van der Waals surface area contributed by atoms with Crippen molar-refractivity contribution in [2.75, 3.05) is 13.3 Å². The molecule has 0 aliphatic carbocycles. The monoisotopic (exact) mass is 327 g/mol. The molecule has 118 valence electrons. The van der Waals surface area contributed by atoms with E-state index in [-0.39, 0.29) is 6.04 Å². The van der Waals surface area contributed by atoms with Crippen LogP contribution < -0.4 is 20.5 Å². The van der Waals surface area contributed by atoms with E-state index in [1.165, 1.54) is 10.5 Å². The van der Waals surface area contributed by atoms with E-state index >= 15 is 0 Å². The molecule has 2 aliphatic heterocycles. The fourth-order valence-corrected chi connectivity index (χ4v) is 3.71. The van der Waals surface area contributed by atoms with E-state index in [9.17, 15) is 0 Å². The first kappa shape index (κ1) is 14.3. The van der Waals surface area contributed by atoms with E-state index in [1.54, 1.807) is 11.8 Å². The van der Waals surface area contributed by atoms with Crippen LogP contribution in [0, 0.1) is 0 Å². The predicted molar refractivity (Wildman–Crippen MR) is 90.2 cm³/mol. The molecular weight excluding hydrogens is 310 g/mol. The standard InChI is InChI=1S/C17H17N3O2S/c18-17-19-9-12(20-17)7-11-3-1-2-4-16(11)23-13-5-6-14-15(8-13)22-10-21-14/h1-6,8,12H,7,9-10H2,(H3,18,19,20). The third-order valence-electron chi connectivity index (χ3n) is 3.84. The topological polar surface area (TPSA) is 68.9 Å². The average Bonchev–Trinajstić information content (AvgIpc) is 3.17. The molecule has 0 aromatic heterocycles. The molecule has 5 nitrogen and oxygen atoms in total. The summed E-state index contributed by atoms with van der Waals surface area (Å²) in [6, 6.07) is 14.7. The molecule has 23 heavy (non-hydrogen) atoms. The van der Waals surface area contributed by atoms with Gasteiger partial charge in [-0.1, -0.05) is 30.0 Å². The summed E-state index contributed by atoms with van der Waals surface area (Å²) in [6.07, 6.45) is 0.901. The van der Waals surface area contributed by atoms with Crippen LogP contribution in [-0.2, 0) is 6.42 Å². The Kier molecular flexibility index (Phi) is 3.75. The highest BCUT2D eigenvalue weighted by atomic mass is 32.2. The second kappa shape index (κ2) is 6.04. The van der Waals surface area contributed by atoms with Gasteiger partial charge in [0.25, 0.3) is 0 Å². The Balaban J connectivity index is 1.52. The number of nitrogens with zero attached hydrogens (tertiary/aromatic N) is 1. The van der Waals surface area contributed by atoms with Gasteiger partial charge in [0.15, 0.2) is 17.5 Å². The van der Waals surface area contributed by atoms with Crippen LogP contribution in [0.15, 0.2) is 57.2 Å². The van der Waals surface area contributed by atoms with Crippen molar-refractivity contribution in [3.05, 3.63) is 48.0 Å². The molecule has 2 heterocycles. The van der Waals surface area contributed by atoms with Crippen molar-refractivity contribution in [2.45, 2.75) is 22.3 Å². The summed E-state index contributed by atoms with van der Waals surface area (Å²) in [5.41, 5.74) is 6.99. The number of hydrogen-bond acceptors (Lipinski definition) is 6. The summed E-state index contributed by atoms with van der Waals surface area (Å²) in [6.45, 7) is 1.03. The molecule has 0 bridgehead atoms. The number of rotatable bonds is 4. The fourth-order valence-electron chi connectivity index (χ4n) is 2.73. The maximum Gasteiger partial charge on any atom is 0.231 e. The van der Waals surface area contributed by atoms with E-state index in [0.29, 0.717) is 12.8 Å². The van der Waals surface area contributed by atoms with Gasteiger partial charge in [0.1, 0.15) is 0 Å². The number of aliphatic imine (C=N–C) groups is 1. The number of nitrogens with one attached hydrogen (secondary N) is 1. The lowest BCUT2D eigenvalue weighted by Crippen LogP contribution is -2.36. The molecule has 6 heteroatoms. The first-order valence-electron chi connectivity index (χ1n) is 7.50. The number of nitrogens with two attached hydrogens (primary N) is 1. The molecule has 0 saturated heterocycles. The third kappa shape index (κ3) is 3.07. The summed E-state index contributed by atoms with van der Waals surface area (Å²) in [5.74, 6) is 2.16. The van der Waals surface area contributed by atoms with Crippen LogP contribution >= 0.6 is 11.8 Å². The molecule has 2 aromatic rings. The zero-order valence-corrected chi connectivity index (χ0v) is 13.3. The molecule has 0 spiro atoms. The molecular formula is C17H17N3O2S. The van der Waals surface area contributed by atoms with Crippen molar-refractivity contribution in [3.63, 3.8) is 0 Å². The normalized spacial score (nSPS) is 18.6. The summed E-state index contributed by atoms with van der Waals surface area (Å²) in [7, 11) is 0. The molecule has 0 fully saturated rings. The molecule has 3 N–H and O–H groups in total. The summed E-state index contributed by atoms with van der Waals surface area (Å²) >= 11 is 1.73. The van der Waals surface area contributed by atoms with Crippen molar-refractivity contribution < 1.29 is 9.47 Å². The maximum absolute atomic E-state index is 5.70. The molecule has 0 radical (unpaired) electrons. The number of hydrogen-bond donors (Lipinski definition) is 2.